The molecule has 0 fully saturated rings. The van der Waals surface area contributed by atoms with Crippen LogP contribution >= 0.6 is 0 Å². The van der Waals surface area contributed by atoms with Crippen molar-refractivity contribution in [1.29, 1.82) is 0 Å². The van der Waals surface area contributed by atoms with Crippen molar-refractivity contribution in [2.75, 3.05) is 4.90 Å². The van der Waals surface area contributed by atoms with Crippen LogP contribution in [0.3, 0.4) is 0 Å². The molecular weight excluding hydrogens is 578 g/mol. The zero-order chi connectivity index (χ0) is 31.5. The minimum Gasteiger partial charge on any atom is -0.456 e. The first-order valence-corrected chi connectivity index (χ1v) is 15.7. The molecule has 3 aromatic heterocycles. The lowest BCUT2D eigenvalue weighted by atomic mass is 10.00. The minimum absolute atomic E-state index is 0.699. The SMILES string of the molecule is C=Cc1oc2c(N(c3ccccc3)c3ccc(-c4ccccc4)cc3)cc3oc4ccc5c6ccccc6oc5c4c3c2c1/C=C\C. The Labute approximate surface area is 271 Å². The second-order valence-corrected chi connectivity index (χ2v) is 11.7. The van der Waals surface area contributed by atoms with Crippen LogP contribution < -0.4 is 4.90 Å². The monoisotopic (exact) mass is 607 g/mol. The Morgan fingerprint density at radius 3 is 2.02 bits per heavy atom. The predicted molar refractivity (Wildman–Crippen MR) is 196 cm³/mol. The molecule has 6 aromatic carbocycles. The van der Waals surface area contributed by atoms with Gasteiger partial charge in [0.25, 0.3) is 0 Å². The van der Waals surface area contributed by atoms with E-state index in [1.165, 1.54) is 5.56 Å². The normalized spacial score (nSPS) is 11.9. The van der Waals surface area contributed by atoms with Crippen molar-refractivity contribution in [1.82, 2.24) is 0 Å². The fourth-order valence-corrected chi connectivity index (χ4v) is 6.90. The van der Waals surface area contributed by atoms with E-state index in [9.17, 15) is 0 Å². The van der Waals surface area contributed by atoms with Crippen LogP contribution in [0.25, 0.3) is 78.1 Å². The largest absolute Gasteiger partial charge is 0.456 e. The molecule has 3 heterocycles. The van der Waals surface area contributed by atoms with Crippen molar-refractivity contribution in [2.24, 2.45) is 0 Å². The van der Waals surface area contributed by atoms with Crippen LogP contribution in [0.15, 0.2) is 153 Å². The van der Waals surface area contributed by atoms with E-state index in [4.69, 9.17) is 13.3 Å². The van der Waals surface area contributed by atoms with Crippen molar-refractivity contribution in [3.8, 4) is 11.1 Å². The zero-order valence-electron chi connectivity index (χ0n) is 25.7. The summed E-state index contributed by atoms with van der Waals surface area (Å²) in [6.07, 6.45) is 5.91. The molecule has 0 aliphatic heterocycles. The number of para-hydroxylation sites is 2. The van der Waals surface area contributed by atoms with Gasteiger partial charge in [-0.2, -0.15) is 0 Å². The fourth-order valence-electron chi connectivity index (χ4n) is 6.90. The van der Waals surface area contributed by atoms with E-state index in [2.05, 4.69) is 109 Å². The van der Waals surface area contributed by atoms with Gasteiger partial charge in [-0.25, -0.2) is 0 Å². The van der Waals surface area contributed by atoms with Crippen molar-refractivity contribution in [2.45, 2.75) is 6.92 Å². The topological polar surface area (TPSA) is 42.7 Å². The highest BCUT2D eigenvalue weighted by Crippen LogP contribution is 2.49. The van der Waals surface area contributed by atoms with Crippen molar-refractivity contribution in [3.63, 3.8) is 0 Å². The second kappa shape index (κ2) is 10.7. The summed E-state index contributed by atoms with van der Waals surface area (Å²) >= 11 is 0. The molecule has 0 radical (unpaired) electrons. The number of hydrogen-bond acceptors (Lipinski definition) is 4. The summed E-state index contributed by atoms with van der Waals surface area (Å²) in [6, 6.07) is 43.8. The van der Waals surface area contributed by atoms with Gasteiger partial charge >= 0.3 is 0 Å². The molecule has 0 saturated carbocycles. The Bertz CT molecular complexity index is 2640. The number of rotatable bonds is 6. The third kappa shape index (κ3) is 4.15. The van der Waals surface area contributed by atoms with Gasteiger partial charge in [-0.15, -0.1) is 0 Å². The number of allylic oxidation sites excluding steroid dienone is 1. The Kier molecular flexibility index (Phi) is 6.15. The standard InChI is InChI=1S/C43H29NO3/c1-3-13-33-35(4-2)46-43-34(44(29-16-9-6-10-17-29)30-22-20-28(21-23-30)27-14-7-5-8-15-27)26-38-40(39(33)43)41-37(45-38)25-24-32-31-18-11-12-19-36(31)47-42(32)41/h3-26H,2H2,1H3/b13-3-. The van der Waals surface area contributed by atoms with Crippen molar-refractivity contribution < 1.29 is 13.3 Å². The van der Waals surface area contributed by atoms with E-state index in [-0.39, 0.29) is 0 Å². The van der Waals surface area contributed by atoms with Crippen LogP contribution in [0.5, 0.6) is 0 Å². The summed E-state index contributed by atoms with van der Waals surface area (Å²) in [5, 5.41) is 4.98. The molecule has 0 atom stereocenters. The third-order valence-corrected chi connectivity index (χ3v) is 8.96. The van der Waals surface area contributed by atoms with Gasteiger partial charge in [0.05, 0.1) is 11.1 Å². The molecule has 4 heteroatoms. The molecule has 0 amide bonds. The Morgan fingerprint density at radius 1 is 0.553 bits per heavy atom. The minimum atomic E-state index is 0.699. The summed E-state index contributed by atoms with van der Waals surface area (Å²) in [5.74, 6) is 0.699. The number of furan rings is 3. The van der Waals surface area contributed by atoms with Crippen molar-refractivity contribution >= 4 is 84.1 Å². The van der Waals surface area contributed by atoms with Crippen LogP contribution in [0, 0.1) is 0 Å². The molecule has 0 spiro atoms. The number of benzene rings is 6. The highest BCUT2D eigenvalue weighted by atomic mass is 16.4. The lowest BCUT2D eigenvalue weighted by Gasteiger charge is -2.25. The Balaban J connectivity index is 1.38. The molecule has 0 aliphatic carbocycles. The first-order chi connectivity index (χ1) is 23.2. The highest BCUT2D eigenvalue weighted by Gasteiger charge is 2.27. The van der Waals surface area contributed by atoms with E-state index in [1.807, 2.05) is 49.4 Å². The van der Waals surface area contributed by atoms with Crippen LogP contribution in [0.4, 0.5) is 17.1 Å². The Hall–Kier alpha value is -6.26. The van der Waals surface area contributed by atoms with Crippen LogP contribution in [-0.4, -0.2) is 0 Å². The van der Waals surface area contributed by atoms with Gasteiger partial charge in [0.15, 0.2) is 5.58 Å². The molecule has 0 saturated heterocycles. The molecule has 0 aliphatic rings. The lowest BCUT2D eigenvalue weighted by Crippen LogP contribution is -2.10. The van der Waals surface area contributed by atoms with Gasteiger partial charge in [0.1, 0.15) is 28.1 Å². The number of fused-ring (bicyclic) bond motifs is 9. The maximum atomic E-state index is 6.76. The summed E-state index contributed by atoms with van der Waals surface area (Å²) in [4.78, 5) is 2.23. The average molecular weight is 608 g/mol. The van der Waals surface area contributed by atoms with E-state index in [1.54, 1.807) is 6.08 Å². The highest BCUT2D eigenvalue weighted by molar-refractivity contribution is 6.30. The molecule has 4 nitrogen and oxygen atoms in total. The van der Waals surface area contributed by atoms with Gasteiger partial charge in [0.2, 0.25) is 0 Å². The van der Waals surface area contributed by atoms with E-state index >= 15 is 0 Å². The Morgan fingerprint density at radius 2 is 1.26 bits per heavy atom. The molecule has 0 bridgehead atoms. The predicted octanol–water partition coefficient (Wildman–Crippen LogP) is 13.0. The van der Waals surface area contributed by atoms with Crippen LogP contribution in [0.1, 0.15) is 18.2 Å². The molecule has 47 heavy (non-hydrogen) atoms. The number of anilines is 3. The molecule has 0 N–H and O–H groups in total. The van der Waals surface area contributed by atoms with Gasteiger partial charge in [0, 0.05) is 44.5 Å². The third-order valence-electron chi connectivity index (χ3n) is 8.96. The van der Waals surface area contributed by atoms with Crippen LogP contribution in [0.2, 0.25) is 0 Å². The van der Waals surface area contributed by atoms with E-state index in [0.29, 0.717) is 5.76 Å². The van der Waals surface area contributed by atoms with Gasteiger partial charge < -0.3 is 18.2 Å². The average Bonchev–Trinajstić information content (AvgIpc) is 3.81. The van der Waals surface area contributed by atoms with Gasteiger partial charge in [-0.3, -0.25) is 0 Å². The number of hydrogen-bond donors (Lipinski definition) is 0. The van der Waals surface area contributed by atoms with E-state index < -0.39 is 0 Å². The van der Waals surface area contributed by atoms with Crippen LogP contribution in [-0.2, 0) is 0 Å². The molecule has 0 unspecified atom stereocenters. The zero-order valence-corrected chi connectivity index (χ0v) is 25.7. The van der Waals surface area contributed by atoms with Gasteiger partial charge in [-0.1, -0.05) is 97.6 Å². The maximum Gasteiger partial charge on any atom is 0.160 e. The summed E-state index contributed by atoms with van der Waals surface area (Å²) in [5.41, 5.74) is 10.0. The molecule has 9 aromatic rings. The molecular formula is C43H29NO3. The van der Waals surface area contributed by atoms with Crippen molar-refractivity contribution in [3.05, 3.63) is 151 Å². The smallest absolute Gasteiger partial charge is 0.160 e. The fraction of sp³-hybridized carbons (Fsp3) is 0.0233. The van der Waals surface area contributed by atoms with E-state index in [0.717, 1.165) is 83.0 Å². The first kappa shape index (κ1) is 27.1. The quantitative estimate of drug-likeness (QED) is 0.189. The maximum absolute atomic E-state index is 6.76. The first-order valence-electron chi connectivity index (χ1n) is 15.7. The summed E-state index contributed by atoms with van der Waals surface area (Å²) in [7, 11) is 0. The summed E-state index contributed by atoms with van der Waals surface area (Å²) in [6.45, 7) is 6.14. The summed E-state index contributed by atoms with van der Waals surface area (Å²) < 4.78 is 20.0. The molecule has 224 valence electrons. The number of nitrogens with zero attached hydrogens (tertiary/aromatic N) is 1. The van der Waals surface area contributed by atoms with Gasteiger partial charge in [-0.05, 0) is 66.6 Å². The molecule has 9 rings (SSSR count). The second-order valence-electron chi connectivity index (χ2n) is 11.7. The lowest BCUT2D eigenvalue weighted by molar-refractivity contribution is 0.603.